The third-order valence-corrected chi connectivity index (χ3v) is 3.19. The number of rotatable bonds is 6. The molecular formula is C14H27N3. The number of hydrogen-bond donors (Lipinski definition) is 2. The Morgan fingerprint density at radius 3 is 2.35 bits per heavy atom. The number of imidazole rings is 1. The summed E-state index contributed by atoms with van der Waals surface area (Å²) in [5.41, 5.74) is 2.47. The lowest BCUT2D eigenvalue weighted by molar-refractivity contribution is 0.460. The van der Waals surface area contributed by atoms with Gasteiger partial charge in [-0.15, -0.1) is 0 Å². The van der Waals surface area contributed by atoms with E-state index in [0.29, 0.717) is 17.8 Å². The largest absolute Gasteiger partial charge is 0.346 e. The third-order valence-electron chi connectivity index (χ3n) is 3.19. The van der Waals surface area contributed by atoms with Crippen molar-refractivity contribution < 1.29 is 0 Å². The Morgan fingerprint density at radius 2 is 1.88 bits per heavy atom. The molecule has 3 heteroatoms. The van der Waals surface area contributed by atoms with Gasteiger partial charge in [-0.2, -0.15) is 0 Å². The van der Waals surface area contributed by atoms with Gasteiger partial charge in [0.15, 0.2) is 0 Å². The molecule has 1 rings (SSSR count). The minimum Gasteiger partial charge on any atom is -0.346 e. The quantitative estimate of drug-likeness (QED) is 0.798. The van der Waals surface area contributed by atoms with E-state index in [9.17, 15) is 0 Å². The van der Waals surface area contributed by atoms with Crippen LogP contribution in [0.1, 0.15) is 50.8 Å². The van der Waals surface area contributed by atoms with Crippen LogP contribution in [0, 0.1) is 18.8 Å². The molecule has 0 saturated carbocycles. The van der Waals surface area contributed by atoms with E-state index in [1.54, 1.807) is 0 Å². The lowest BCUT2D eigenvalue weighted by atomic mass is 9.95. The van der Waals surface area contributed by atoms with E-state index in [-0.39, 0.29) is 0 Å². The third kappa shape index (κ3) is 3.84. The summed E-state index contributed by atoms with van der Waals surface area (Å²) in [5.74, 6) is 2.87. The van der Waals surface area contributed by atoms with Gasteiger partial charge < -0.3 is 10.3 Å². The van der Waals surface area contributed by atoms with Crippen LogP contribution in [0.4, 0.5) is 0 Å². The zero-order valence-electron chi connectivity index (χ0n) is 12.1. The molecule has 1 heterocycles. The number of aryl methyl sites for hydroxylation is 1. The van der Waals surface area contributed by atoms with Crippen LogP contribution in [-0.2, 0) is 6.42 Å². The van der Waals surface area contributed by atoms with Gasteiger partial charge in [0, 0.05) is 18.2 Å². The number of likely N-dealkylation sites (N-methyl/N-ethyl adjacent to an activating group) is 1. The van der Waals surface area contributed by atoms with Crippen molar-refractivity contribution in [3.8, 4) is 0 Å². The van der Waals surface area contributed by atoms with E-state index in [1.165, 1.54) is 11.4 Å². The average Bonchev–Trinajstić information content (AvgIpc) is 2.55. The molecule has 2 N–H and O–H groups in total. The summed E-state index contributed by atoms with van der Waals surface area (Å²) in [7, 11) is 2.00. The predicted molar refractivity (Wildman–Crippen MR) is 73.4 cm³/mol. The van der Waals surface area contributed by atoms with E-state index < -0.39 is 0 Å². The monoisotopic (exact) mass is 237 g/mol. The number of H-pyrrole nitrogens is 1. The van der Waals surface area contributed by atoms with E-state index >= 15 is 0 Å². The Labute approximate surface area is 105 Å². The van der Waals surface area contributed by atoms with Gasteiger partial charge in [-0.1, -0.05) is 27.7 Å². The van der Waals surface area contributed by atoms with Gasteiger partial charge in [-0.3, -0.25) is 0 Å². The van der Waals surface area contributed by atoms with Crippen LogP contribution in [0.25, 0.3) is 0 Å². The number of hydrogen-bond acceptors (Lipinski definition) is 2. The fraction of sp³-hybridized carbons (Fsp3) is 0.786. The van der Waals surface area contributed by atoms with Crippen molar-refractivity contribution in [2.75, 3.05) is 13.6 Å². The average molecular weight is 237 g/mol. The normalized spacial score (nSPS) is 13.6. The van der Waals surface area contributed by atoms with E-state index in [2.05, 4.69) is 44.9 Å². The highest BCUT2D eigenvalue weighted by Crippen LogP contribution is 2.23. The zero-order chi connectivity index (χ0) is 13.0. The molecule has 1 atom stereocenters. The smallest absolute Gasteiger partial charge is 0.111 e. The highest BCUT2D eigenvalue weighted by atomic mass is 15.0. The molecular weight excluding hydrogens is 210 g/mol. The van der Waals surface area contributed by atoms with Crippen molar-refractivity contribution in [2.24, 2.45) is 11.8 Å². The van der Waals surface area contributed by atoms with Crippen molar-refractivity contribution in [1.29, 1.82) is 0 Å². The fourth-order valence-electron chi connectivity index (χ4n) is 2.15. The Kier molecular flexibility index (Phi) is 5.19. The van der Waals surface area contributed by atoms with Crippen LogP contribution in [-0.4, -0.2) is 23.6 Å². The number of nitrogens with zero attached hydrogens (tertiary/aromatic N) is 1. The van der Waals surface area contributed by atoms with Crippen LogP contribution in [0.3, 0.4) is 0 Å². The first kappa shape index (κ1) is 14.2. The lowest BCUT2D eigenvalue weighted by Crippen LogP contribution is -2.22. The second-order valence-electron chi connectivity index (χ2n) is 5.70. The fourth-order valence-corrected chi connectivity index (χ4v) is 2.15. The molecule has 98 valence electrons. The summed E-state index contributed by atoms with van der Waals surface area (Å²) in [6, 6.07) is 0. The first-order valence-electron chi connectivity index (χ1n) is 6.65. The van der Waals surface area contributed by atoms with Crippen molar-refractivity contribution in [2.45, 2.75) is 47.0 Å². The molecule has 0 aliphatic carbocycles. The summed E-state index contributed by atoms with van der Waals surface area (Å²) >= 11 is 0. The van der Waals surface area contributed by atoms with Gasteiger partial charge in [-0.05, 0) is 32.2 Å². The van der Waals surface area contributed by atoms with Crippen molar-refractivity contribution in [1.82, 2.24) is 15.3 Å². The maximum Gasteiger partial charge on any atom is 0.111 e. The lowest BCUT2D eigenvalue weighted by Gasteiger charge is -2.17. The molecule has 0 saturated heterocycles. The summed E-state index contributed by atoms with van der Waals surface area (Å²) in [6.07, 6.45) is 1.06. The molecule has 3 nitrogen and oxygen atoms in total. The molecule has 0 aliphatic heterocycles. The van der Waals surface area contributed by atoms with Crippen LogP contribution < -0.4 is 5.32 Å². The molecule has 0 fully saturated rings. The Morgan fingerprint density at radius 1 is 1.24 bits per heavy atom. The van der Waals surface area contributed by atoms with Crippen LogP contribution in [0.15, 0.2) is 0 Å². The summed E-state index contributed by atoms with van der Waals surface area (Å²) in [6.45, 7) is 12.1. The summed E-state index contributed by atoms with van der Waals surface area (Å²) in [4.78, 5) is 8.26. The first-order chi connectivity index (χ1) is 7.95. The Hall–Kier alpha value is -0.830. The predicted octanol–water partition coefficient (Wildman–Crippen LogP) is 2.88. The highest BCUT2D eigenvalue weighted by molar-refractivity contribution is 5.16. The van der Waals surface area contributed by atoms with Gasteiger partial charge >= 0.3 is 0 Å². The SMILES string of the molecule is CNCC(c1nc(CC(C)C)c(C)[nH]1)C(C)C. The molecule has 0 aliphatic rings. The molecule has 1 aromatic heterocycles. The maximum atomic E-state index is 4.79. The standard InChI is InChI=1S/C14H27N3/c1-9(2)7-13-11(5)16-14(17-13)12(8-15-6)10(3)4/h9-10,12,15H,7-8H2,1-6H3,(H,16,17). The van der Waals surface area contributed by atoms with E-state index in [4.69, 9.17) is 4.98 Å². The van der Waals surface area contributed by atoms with Crippen LogP contribution in [0.2, 0.25) is 0 Å². The van der Waals surface area contributed by atoms with Gasteiger partial charge in [0.2, 0.25) is 0 Å². The molecule has 1 aromatic rings. The number of aromatic amines is 1. The van der Waals surface area contributed by atoms with Crippen LogP contribution >= 0.6 is 0 Å². The van der Waals surface area contributed by atoms with Crippen LogP contribution in [0.5, 0.6) is 0 Å². The van der Waals surface area contributed by atoms with E-state index in [1.807, 2.05) is 7.05 Å². The van der Waals surface area contributed by atoms with Crippen molar-refractivity contribution in [3.05, 3.63) is 17.2 Å². The number of nitrogens with one attached hydrogen (secondary N) is 2. The molecule has 17 heavy (non-hydrogen) atoms. The molecule has 0 bridgehead atoms. The molecule has 1 unspecified atom stereocenters. The van der Waals surface area contributed by atoms with Crippen molar-refractivity contribution >= 4 is 0 Å². The molecule has 0 spiro atoms. The minimum absolute atomic E-state index is 0.472. The maximum absolute atomic E-state index is 4.79. The Bertz CT molecular complexity index is 339. The van der Waals surface area contributed by atoms with E-state index in [0.717, 1.165) is 18.8 Å². The topological polar surface area (TPSA) is 40.7 Å². The number of aromatic nitrogens is 2. The molecule has 0 aromatic carbocycles. The Balaban J connectivity index is 2.89. The molecule has 0 radical (unpaired) electrons. The highest BCUT2D eigenvalue weighted by Gasteiger charge is 2.20. The second kappa shape index (κ2) is 6.20. The van der Waals surface area contributed by atoms with Gasteiger partial charge in [0.25, 0.3) is 0 Å². The first-order valence-corrected chi connectivity index (χ1v) is 6.65. The minimum atomic E-state index is 0.472. The second-order valence-corrected chi connectivity index (χ2v) is 5.70. The van der Waals surface area contributed by atoms with Gasteiger partial charge in [-0.25, -0.2) is 4.98 Å². The zero-order valence-corrected chi connectivity index (χ0v) is 12.1. The molecule has 0 amide bonds. The summed E-state index contributed by atoms with van der Waals surface area (Å²) in [5, 5.41) is 3.26. The van der Waals surface area contributed by atoms with Gasteiger partial charge in [0.05, 0.1) is 5.69 Å². The summed E-state index contributed by atoms with van der Waals surface area (Å²) < 4.78 is 0. The van der Waals surface area contributed by atoms with Crippen molar-refractivity contribution in [3.63, 3.8) is 0 Å². The van der Waals surface area contributed by atoms with Gasteiger partial charge in [0.1, 0.15) is 5.82 Å².